The summed E-state index contributed by atoms with van der Waals surface area (Å²) in [6.07, 6.45) is 0. The molecule has 0 aliphatic heterocycles. The minimum Gasteiger partial charge on any atom is -0.497 e. The van der Waals surface area contributed by atoms with Crippen LogP contribution in [0, 0.1) is 6.92 Å². The molecule has 3 aromatic carbocycles. The second kappa shape index (κ2) is 11.2. The molecule has 0 aliphatic rings. The van der Waals surface area contributed by atoms with E-state index >= 15 is 0 Å². The van der Waals surface area contributed by atoms with Gasteiger partial charge in [0, 0.05) is 30.0 Å². The maximum atomic E-state index is 12.7. The Morgan fingerprint density at radius 1 is 0.909 bits per heavy atom. The van der Waals surface area contributed by atoms with E-state index in [1.807, 2.05) is 57.4 Å². The van der Waals surface area contributed by atoms with Gasteiger partial charge in [0.2, 0.25) is 0 Å². The SMILES string of the molecule is COc1ccc(NC(=O)NCc2cccc(C(=O)Nc3ccc(CN(C)C)cc3)c2)c(C)c1. The Labute approximate surface area is 194 Å². The van der Waals surface area contributed by atoms with Crippen molar-refractivity contribution in [1.29, 1.82) is 0 Å². The first-order valence-electron chi connectivity index (χ1n) is 10.7. The van der Waals surface area contributed by atoms with Crippen LogP contribution < -0.4 is 20.7 Å². The number of hydrogen-bond acceptors (Lipinski definition) is 4. The first kappa shape index (κ1) is 23.8. The molecule has 33 heavy (non-hydrogen) atoms. The van der Waals surface area contributed by atoms with Crippen molar-refractivity contribution < 1.29 is 14.3 Å². The molecule has 0 atom stereocenters. The quantitative estimate of drug-likeness (QED) is 0.471. The summed E-state index contributed by atoms with van der Waals surface area (Å²) in [5, 5.41) is 8.57. The van der Waals surface area contributed by atoms with Crippen molar-refractivity contribution in [3.8, 4) is 5.75 Å². The number of ether oxygens (including phenoxy) is 1. The highest BCUT2D eigenvalue weighted by molar-refractivity contribution is 6.04. The van der Waals surface area contributed by atoms with Gasteiger partial charge in [-0.2, -0.15) is 0 Å². The highest BCUT2D eigenvalue weighted by atomic mass is 16.5. The van der Waals surface area contributed by atoms with Crippen LogP contribution in [-0.4, -0.2) is 38.0 Å². The number of rotatable bonds is 8. The minimum atomic E-state index is -0.323. The summed E-state index contributed by atoms with van der Waals surface area (Å²) in [4.78, 5) is 27.1. The van der Waals surface area contributed by atoms with Crippen LogP contribution in [-0.2, 0) is 13.1 Å². The molecule has 0 fully saturated rings. The number of nitrogens with one attached hydrogen (secondary N) is 3. The number of amides is 3. The zero-order chi connectivity index (χ0) is 23.8. The fourth-order valence-electron chi connectivity index (χ4n) is 3.34. The average molecular weight is 447 g/mol. The van der Waals surface area contributed by atoms with Gasteiger partial charge in [0.15, 0.2) is 0 Å². The van der Waals surface area contributed by atoms with Gasteiger partial charge in [-0.1, -0.05) is 24.3 Å². The largest absolute Gasteiger partial charge is 0.497 e. The Kier molecular flexibility index (Phi) is 8.05. The van der Waals surface area contributed by atoms with Crippen LogP contribution >= 0.6 is 0 Å². The van der Waals surface area contributed by atoms with Gasteiger partial charge in [-0.05, 0) is 80.2 Å². The molecule has 3 N–H and O–H groups in total. The second-order valence-corrected chi connectivity index (χ2v) is 8.08. The van der Waals surface area contributed by atoms with Gasteiger partial charge in [0.05, 0.1) is 7.11 Å². The highest BCUT2D eigenvalue weighted by Crippen LogP contribution is 2.21. The van der Waals surface area contributed by atoms with E-state index in [-0.39, 0.29) is 11.9 Å². The van der Waals surface area contributed by atoms with Gasteiger partial charge in [0.1, 0.15) is 5.75 Å². The molecule has 172 valence electrons. The van der Waals surface area contributed by atoms with Crippen molar-refractivity contribution in [3.63, 3.8) is 0 Å². The lowest BCUT2D eigenvalue weighted by Gasteiger charge is -2.12. The molecule has 0 bridgehead atoms. The van der Waals surface area contributed by atoms with E-state index in [0.29, 0.717) is 17.8 Å². The number of benzene rings is 3. The molecule has 3 aromatic rings. The number of nitrogens with zero attached hydrogens (tertiary/aromatic N) is 1. The van der Waals surface area contributed by atoms with Crippen molar-refractivity contribution in [2.24, 2.45) is 0 Å². The summed E-state index contributed by atoms with van der Waals surface area (Å²) in [6.45, 7) is 3.03. The van der Waals surface area contributed by atoms with Gasteiger partial charge in [-0.15, -0.1) is 0 Å². The predicted molar refractivity (Wildman–Crippen MR) is 132 cm³/mol. The van der Waals surface area contributed by atoms with Gasteiger partial charge >= 0.3 is 6.03 Å². The third kappa shape index (κ3) is 7.08. The third-order valence-corrected chi connectivity index (χ3v) is 5.03. The second-order valence-electron chi connectivity index (χ2n) is 8.08. The third-order valence-electron chi connectivity index (χ3n) is 5.03. The molecule has 0 unspecified atom stereocenters. The van der Waals surface area contributed by atoms with Crippen molar-refractivity contribution in [2.45, 2.75) is 20.0 Å². The van der Waals surface area contributed by atoms with Crippen LogP contribution in [0.15, 0.2) is 66.7 Å². The number of urea groups is 1. The van der Waals surface area contributed by atoms with E-state index in [1.165, 1.54) is 5.56 Å². The minimum absolute atomic E-state index is 0.199. The number of methoxy groups -OCH3 is 1. The number of anilines is 2. The molecule has 0 saturated carbocycles. The smallest absolute Gasteiger partial charge is 0.319 e. The number of carbonyl (C=O) groups is 2. The fraction of sp³-hybridized carbons (Fsp3) is 0.231. The van der Waals surface area contributed by atoms with Crippen LogP contribution in [0.4, 0.5) is 16.2 Å². The Morgan fingerprint density at radius 3 is 2.33 bits per heavy atom. The highest BCUT2D eigenvalue weighted by Gasteiger charge is 2.09. The summed E-state index contributed by atoms with van der Waals surface area (Å²) in [5.41, 5.74) is 4.87. The summed E-state index contributed by atoms with van der Waals surface area (Å²) in [6, 6.07) is 20.1. The molecular weight excluding hydrogens is 416 g/mol. The standard InChI is InChI=1S/C26H30N4O3/c1-18-14-23(33-4)12-13-24(18)29-26(32)27-16-20-6-5-7-21(15-20)25(31)28-22-10-8-19(9-11-22)17-30(2)3/h5-15H,16-17H2,1-4H3,(H,28,31)(H2,27,29,32). The van der Waals surface area contributed by atoms with E-state index in [9.17, 15) is 9.59 Å². The normalized spacial score (nSPS) is 10.6. The van der Waals surface area contributed by atoms with Crippen molar-refractivity contribution in [2.75, 3.05) is 31.8 Å². The van der Waals surface area contributed by atoms with E-state index in [1.54, 1.807) is 37.4 Å². The van der Waals surface area contributed by atoms with E-state index in [0.717, 1.165) is 29.1 Å². The van der Waals surface area contributed by atoms with Gasteiger partial charge < -0.3 is 25.6 Å². The molecule has 0 aliphatic carbocycles. The van der Waals surface area contributed by atoms with Crippen molar-refractivity contribution >= 4 is 23.3 Å². The van der Waals surface area contributed by atoms with E-state index in [4.69, 9.17) is 4.74 Å². The predicted octanol–water partition coefficient (Wildman–Crippen LogP) is 4.64. The molecular formula is C26H30N4O3. The van der Waals surface area contributed by atoms with Gasteiger partial charge in [-0.25, -0.2) is 4.79 Å². The molecule has 0 heterocycles. The van der Waals surface area contributed by atoms with E-state index < -0.39 is 0 Å². The Balaban J connectivity index is 1.55. The fourth-order valence-corrected chi connectivity index (χ4v) is 3.34. The summed E-state index contributed by atoms with van der Waals surface area (Å²) >= 11 is 0. The van der Waals surface area contributed by atoms with Crippen molar-refractivity contribution in [1.82, 2.24) is 10.2 Å². The topological polar surface area (TPSA) is 82.7 Å². The van der Waals surface area contributed by atoms with Crippen LogP contribution in [0.25, 0.3) is 0 Å². The molecule has 3 amide bonds. The monoisotopic (exact) mass is 446 g/mol. The summed E-state index contributed by atoms with van der Waals surface area (Å²) in [5.74, 6) is 0.536. The summed E-state index contributed by atoms with van der Waals surface area (Å²) in [7, 11) is 5.63. The molecule has 7 nitrogen and oxygen atoms in total. The lowest BCUT2D eigenvalue weighted by atomic mass is 10.1. The maximum Gasteiger partial charge on any atom is 0.319 e. The average Bonchev–Trinajstić information content (AvgIpc) is 2.80. The lowest BCUT2D eigenvalue weighted by molar-refractivity contribution is 0.102. The number of carbonyl (C=O) groups excluding carboxylic acids is 2. The molecule has 7 heteroatoms. The van der Waals surface area contributed by atoms with Crippen molar-refractivity contribution in [3.05, 3.63) is 89.0 Å². The van der Waals surface area contributed by atoms with Gasteiger partial charge in [-0.3, -0.25) is 4.79 Å². The van der Waals surface area contributed by atoms with Crippen LogP contribution in [0.5, 0.6) is 5.75 Å². The maximum absolute atomic E-state index is 12.7. The first-order chi connectivity index (χ1) is 15.8. The summed E-state index contributed by atoms with van der Waals surface area (Å²) < 4.78 is 5.18. The molecule has 0 aromatic heterocycles. The number of hydrogen-bond donors (Lipinski definition) is 3. The van der Waals surface area contributed by atoms with Gasteiger partial charge in [0.25, 0.3) is 5.91 Å². The Bertz CT molecular complexity index is 1110. The Hall–Kier alpha value is -3.84. The molecule has 3 rings (SSSR count). The van der Waals surface area contributed by atoms with Crippen LogP contribution in [0.3, 0.4) is 0 Å². The molecule has 0 spiro atoms. The molecule has 0 radical (unpaired) electrons. The van der Waals surface area contributed by atoms with Crippen LogP contribution in [0.1, 0.15) is 27.0 Å². The zero-order valence-corrected chi connectivity index (χ0v) is 19.4. The zero-order valence-electron chi connectivity index (χ0n) is 19.4. The van der Waals surface area contributed by atoms with E-state index in [2.05, 4.69) is 20.9 Å². The lowest BCUT2D eigenvalue weighted by Crippen LogP contribution is -2.28. The Morgan fingerprint density at radius 2 is 1.67 bits per heavy atom. The molecule has 0 saturated heterocycles. The first-order valence-corrected chi connectivity index (χ1v) is 10.7. The van der Waals surface area contributed by atoms with Crippen LogP contribution in [0.2, 0.25) is 0 Å². The number of aryl methyl sites for hydroxylation is 1.